The van der Waals surface area contributed by atoms with Crippen molar-refractivity contribution >= 4 is 54.9 Å². The van der Waals surface area contributed by atoms with Gasteiger partial charge in [-0.3, -0.25) is 9.59 Å². The monoisotopic (exact) mass is 616 g/mol. The van der Waals surface area contributed by atoms with Crippen LogP contribution in [0.1, 0.15) is 53.1 Å². The Hall–Kier alpha value is -2.68. The van der Waals surface area contributed by atoms with Crippen LogP contribution in [0.2, 0.25) is 5.02 Å². The van der Waals surface area contributed by atoms with Gasteiger partial charge < -0.3 is 10.2 Å². The lowest BCUT2D eigenvalue weighted by Crippen LogP contribution is -2.39. The minimum absolute atomic E-state index is 0.00358. The third-order valence-electron chi connectivity index (χ3n) is 6.95. The fourth-order valence-corrected chi connectivity index (χ4v) is 6.76. The number of halogens is 2. The highest BCUT2D eigenvalue weighted by molar-refractivity contribution is 9.10. The number of sulfone groups is 1. The van der Waals surface area contributed by atoms with Crippen molar-refractivity contribution in [2.75, 3.05) is 18.1 Å². The van der Waals surface area contributed by atoms with Crippen LogP contribution in [-0.4, -0.2) is 44.0 Å². The molecular formula is C29H30BrClN2O4S. The molecule has 6 nitrogen and oxygen atoms in total. The van der Waals surface area contributed by atoms with Crippen LogP contribution in [0.4, 0.5) is 5.69 Å². The van der Waals surface area contributed by atoms with Crippen LogP contribution >= 0.6 is 27.5 Å². The van der Waals surface area contributed by atoms with E-state index in [9.17, 15) is 18.0 Å². The lowest BCUT2D eigenvalue weighted by Gasteiger charge is -2.35. The number of benzene rings is 3. The van der Waals surface area contributed by atoms with Gasteiger partial charge in [0.2, 0.25) is 5.91 Å². The number of nitrogens with zero attached hydrogens (tertiary/aromatic N) is 1. The van der Waals surface area contributed by atoms with Crippen molar-refractivity contribution in [3.8, 4) is 0 Å². The van der Waals surface area contributed by atoms with Crippen LogP contribution in [0.15, 0.2) is 77.3 Å². The van der Waals surface area contributed by atoms with E-state index >= 15 is 0 Å². The molecule has 1 fully saturated rings. The van der Waals surface area contributed by atoms with Gasteiger partial charge in [-0.2, -0.15) is 0 Å². The fraction of sp³-hybridized carbons (Fsp3) is 0.310. The number of amides is 2. The van der Waals surface area contributed by atoms with Crippen molar-refractivity contribution in [2.24, 2.45) is 0 Å². The van der Waals surface area contributed by atoms with Crippen molar-refractivity contribution < 1.29 is 18.0 Å². The van der Waals surface area contributed by atoms with Crippen LogP contribution in [0.5, 0.6) is 0 Å². The average molecular weight is 618 g/mol. The zero-order valence-corrected chi connectivity index (χ0v) is 24.2. The molecule has 0 unspecified atom stereocenters. The molecule has 2 amide bonds. The third kappa shape index (κ3) is 7.68. The van der Waals surface area contributed by atoms with Crippen molar-refractivity contribution in [3.63, 3.8) is 0 Å². The summed E-state index contributed by atoms with van der Waals surface area (Å²) in [5.74, 6) is -0.943. The molecule has 1 aliphatic carbocycles. The number of carbonyl (C=O) groups excluding carboxylic acids is 2. The minimum Gasteiger partial charge on any atom is -0.339 e. The Bertz CT molecular complexity index is 1390. The number of hydrogen-bond donors (Lipinski definition) is 1. The quantitative estimate of drug-likeness (QED) is 0.315. The van der Waals surface area contributed by atoms with Crippen LogP contribution < -0.4 is 5.32 Å². The molecular weight excluding hydrogens is 588 g/mol. The molecule has 0 bridgehead atoms. The van der Waals surface area contributed by atoms with E-state index in [1.54, 1.807) is 42.5 Å². The molecule has 4 rings (SSSR count). The first-order valence-electron chi connectivity index (χ1n) is 12.5. The van der Waals surface area contributed by atoms with Crippen molar-refractivity contribution in [1.82, 2.24) is 4.90 Å². The number of nitrogens with one attached hydrogen (secondary N) is 1. The Labute approximate surface area is 237 Å². The maximum absolute atomic E-state index is 12.8. The second-order valence-electron chi connectivity index (χ2n) is 9.76. The number of rotatable bonds is 8. The molecule has 0 aromatic heterocycles. The Morgan fingerprint density at radius 2 is 1.63 bits per heavy atom. The van der Waals surface area contributed by atoms with Gasteiger partial charge in [-0.25, -0.2) is 8.42 Å². The van der Waals surface area contributed by atoms with Crippen LogP contribution in [0, 0.1) is 0 Å². The smallest absolute Gasteiger partial charge is 0.253 e. The number of carbonyl (C=O) groups is 2. The van der Waals surface area contributed by atoms with Gasteiger partial charge >= 0.3 is 0 Å². The Kier molecular flexibility index (Phi) is 9.28. The second kappa shape index (κ2) is 12.5. The van der Waals surface area contributed by atoms with Crippen molar-refractivity contribution in [1.29, 1.82) is 0 Å². The summed E-state index contributed by atoms with van der Waals surface area (Å²) >= 11 is 9.27. The summed E-state index contributed by atoms with van der Waals surface area (Å²) in [5.41, 5.74) is 3.01. The van der Waals surface area contributed by atoms with Gasteiger partial charge in [0, 0.05) is 33.8 Å². The lowest BCUT2D eigenvalue weighted by molar-refractivity contribution is -0.113. The molecule has 38 heavy (non-hydrogen) atoms. The van der Waals surface area contributed by atoms with E-state index in [1.165, 1.54) is 5.56 Å². The van der Waals surface area contributed by atoms with Gasteiger partial charge in [0.1, 0.15) is 5.75 Å². The zero-order valence-electron chi connectivity index (χ0n) is 21.1. The highest BCUT2D eigenvalue weighted by Gasteiger charge is 2.28. The molecule has 3 aromatic carbocycles. The predicted octanol–water partition coefficient (Wildman–Crippen LogP) is 6.45. The summed E-state index contributed by atoms with van der Waals surface area (Å²) in [4.78, 5) is 27.1. The Balaban J connectivity index is 1.27. The van der Waals surface area contributed by atoms with E-state index in [-0.39, 0.29) is 17.7 Å². The lowest BCUT2D eigenvalue weighted by atomic mass is 9.81. The SMILES string of the molecule is CN(C(=O)c1ccc(Cl)cc1)C1CCC(c2ccc(NC(=O)CS(=O)(=O)Cc3cccc(Br)c3)cc2)CC1. The molecule has 0 spiro atoms. The van der Waals surface area contributed by atoms with Gasteiger partial charge in [-0.05, 0) is 91.3 Å². The first-order valence-corrected chi connectivity index (χ1v) is 15.5. The Morgan fingerprint density at radius 1 is 0.974 bits per heavy atom. The molecule has 0 aliphatic heterocycles. The molecule has 9 heteroatoms. The summed E-state index contributed by atoms with van der Waals surface area (Å²) < 4.78 is 25.7. The maximum Gasteiger partial charge on any atom is 0.253 e. The third-order valence-corrected chi connectivity index (χ3v) is 9.17. The summed E-state index contributed by atoms with van der Waals surface area (Å²) in [6.45, 7) is 0. The van der Waals surface area contributed by atoms with Crippen molar-refractivity contribution in [3.05, 3.63) is 99.0 Å². The largest absolute Gasteiger partial charge is 0.339 e. The van der Waals surface area contributed by atoms with E-state index in [2.05, 4.69) is 21.2 Å². The van der Waals surface area contributed by atoms with Gasteiger partial charge in [-0.1, -0.05) is 51.8 Å². The van der Waals surface area contributed by atoms with Crippen LogP contribution in [0.3, 0.4) is 0 Å². The van der Waals surface area contributed by atoms with E-state index < -0.39 is 21.5 Å². The summed E-state index contributed by atoms with van der Waals surface area (Å²) in [7, 11) is -1.74. The molecule has 0 heterocycles. The first-order chi connectivity index (χ1) is 18.1. The molecule has 1 aliphatic rings. The number of anilines is 1. The van der Waals surface area contributed by atoms with Crippen LogP contribution in [-0.2, 0) is 20.4 Å². The topological polar surface area (TPSA) is 83.6 Å². The maximum atomic E-state index is 12.8. The Morgan fingerprint density at radius 3 is 2.26 bits per heavy atom. The molecule has 0 atom stereocenters. The highest BCUT2D eigenvalue weighted by Crippen LogP contribution is 2.35. The summed E-state index contributed by atoms with van der Waals surface area (Å²) in [6.07, 6.45) is 3.74. The van der Waals surface area contributed by atoms with Gasteiger partial charge in [0.05, 0.1) is 5.75 Å². The van der Waals surface area contributed by atoms with E-state index in [4.69, 9.17) is 11.6 Å². The first kappa shape index (κ1) is 28.3. The molecule has 200 valence electrons. The molecule has 1 N–H and O–H groups in total. The minimum atomic E-state index is -3.60. The van der Waals surface area contributed by atoms with Crippen LogP contribution in [0.25, 0.3) is 0 Å². The molecule has 3 aromatic rings. The van der Waals surface area contributed by atoms with Gasteiger partial charge in [0.25, 0.3) is 5.91 Å². The molecule has 0 saturated heterocycles. The van der Waals surface area contributed by atoms with E-state index in [0.29, 0.717) is 27.8 Å². The normalized spacial score (nSPS) is 17.6. The van der Waals surface area contributed by atoms with E-state index in [1.807, 2.05) is 42.3 Å². The summed E-state index contributed by atoms with van der Waals surface area (Å²) in [6, 6.07) is 21.8. The highest BCUT2D eigenvalue weighted by atomic mass is 79.9. The van der Waals surface area contributed by atoms with Gasteiger partial charge in [0.15, 0.2) is 9.84 Å². The molecule has 0 radical (unpaired) electrons. The van der Waals surface area contributed by atoms with Crippen molar-refractivity contribution in [2.45, 2.75) is 43.4 Å². The van der Waals surface area contributed by atoms with E-state index in [0.717, 1.165) is 30.2 Å². The second-order valence-corrected chi connectivity index (χ2v) is 13.2. The van der Waals surface area contributed by atoms with Gasteiger partial charge in [-0.15, -0.1) is 0 Å². The predicted molar refractivity (Wildman–Crippen MR) is 155 cm³/mol. The summed E-state index contributed by atoms with van der Waals surface area (Å²) in [5, 5.41) is 3.31. The fourth-order valence-electron chi connectivity index (χ4n) is 4.93. The standard InChI is InChI=1S/C29H30BrClN2O4S/c1-33(29(35)23-5-11-25(31)12-6-23)27-15-9-22(10-16-27)21-7-13-26(14-8-21)32-28(34)19-38(36,37)18-20-3-2-4-24(30)17-20/h2-8,11-14,17,22,27H,9-10,15-16,18-19H2,1H3,(H,32,34). The number of hydrogen-bond acceptors (Lipinski definition) is 4. The zero-order chi connectivity index (χ0) is 27.3. The molecule has 1 saturated carbocycles. The average Bonchev–Trinajstić information content (AvgIpc) is 2.88.